The van der Waals surface area contributed by atoms with E-state index in [2.05, 4.69) is 4.90 Å². The summed E-state index contributed by atoms with van der Waals surface area (Å²) < 4.78 is 0. The quantitative estimate of drug-likeness (QED) is 0.659. The van der Waals surface area contributed by atoms with Crippen molar-refractivity contribution in [1.29, 1.82) is 0 Å². The van der Waals surface area contributed by atoms with Gasteiger partial charge in [0.1, 0.15) is 0 Å². The van der Waals surface area contributed by atoms with Gasteiger partial charge in [0.2, 0.25) is 0 Å². The number of aliphatic hydroxyl groups is 1. The van der Waals surface area contributed by atoms with Crippen LogP contribution in [0.4, 0.5) is 5.00 Å². The van der Waals surface area contributed by atoms with Gasteiger partial charge < -0.3 is 5.11 Å². The van der Waals surface area contributed by atoms with Crippen LogP contribution in [0.15, 0.2) is 11.4 Å². The largest absolute Gasteiger partial charge is 0.396 e. The molecule has 0 radical (unpaired) electrons. The van der Waals surface area contributed by atoms with Crippen LogP contribution in [0.25, 0.3) is 0 Å². The lowest BCUT2D eigenvalue weighted by atomic mass is 9.99. The third kappa shape index (κ3) is 3.28. The summed E-state index contributed by atoms with van der Waals surface area (Å²) in [6.45, 7) is 1.99. The predicted octanol–water partition coefficient (Wildman–Crippen LogP) is 2.39. The zero-order valence-corrected chi connectivity index (χ0v) is 11.1. The summed E-state index contributed by atoms with van der Waals surface area (Å²) in [5.41, 5.74) is 1.01. The molecule has 1 atom stereocenters. The van der Waals surface area contributed by atoms with Crippen molar-refractivity contribution in [2.24, 2.45) is 0 Å². The lowest BCUT2D eigenvalue weighted by Crippen LogP contribution is -2.39. The first-order valence-corrected chi connectivity index (χ1v) is 7.15. The van der Waals surface area contributed by atoms with Crippen LogP contribution in [0.3, 0.4) is 0 Å². The summed E-state index contributed by atoms with van der Waals surface area (Å²) in [4.78, 5) is 12.6. The van der Waals surface area contributed by atoms with Crippen LogP contribution < -0.4 is 0 Å². The van der Waals surface area contributed by atoms with Crippen molar-refractivity contribution in [1.82, 2.24) is 4.90 Å². The van der Waals surface area contributed by atoms with Gasteiger partial charge in [-0.2, -0.15) is 0 Å². The van der Waals surface area contributed by atoms with Crippen LogP contribution in [0, 0.1) is 10.1 Å². The van der Waals surface area contributed by atoms with Crippen LogP contribution in [0.5, 0.6) is 0 Å². The fourth-order valence-corrected chi connectivity index (χ4v) is 3.24. The van der Waals surface area contributed by atoms with Crippen molar-refractivity contribution in [3.05, 3.63) is 27.1 Å². The zero-order chi connectivity index (χ0) is 13.0. The second-order valence-corrected chi connectivity index (χ2v) is 5.57. The molecule has 18 heavy (non-hydrogen) atoms. The molecule has 5 nitrogen and oxygen atoms in total. The first-order chi connectivity index (χ1) is 8.70. The number of hydrogen-bond donors (Lipinski definition) is 1. The molecule has 1 saturated heterocycles. The van der Waals surface area contributed by atoms with Crippen LogP contribution in [0.1, 0.15) is 31.2 Å². The highest BCUT2D eigenvalue weighted by Crippen LogP contribution is 2.26. The van der Waals surface area contributed by atoms with Gasteiger partial charge in [0.15, 0.2) is 0 Å². The fourth-order valence-electron chi connectivity index (χ4n) is 2.52. The molecule has 0 bridgehead atoms. The maximum absolute atomic E-state index is 10.6. The van der Waals surface area contributed by atoms with E-state index in [0.717, 1.165) is 31.5 Å². The van der Waals surface area contributed by atoms with E-state index in [1.54, 1.807) is 6.07 Å². The first-order valence-electron chi connectivity index (χ1n) is 6.27. The summed E-state index contributed by atoms with van der Waals surface area (Å²) in [6, 6.07) is 2.08. The van der Waals surface area contributed by atoms with Gasteiger partial charge in [0.05, 0.1) is 4.92 Å². The van der Waals surface area contributed by atoms with E-state index in [1.807, 2.05) is 5.38 Å². The second-order valence-electron chi connectivity index (χ2n) is 4.68. The number of piperidine rings is 1. The summed E-state index contributed by atoms with van der Waals surface area (Å²) in [5, 5.41) is 21.8. The van der Waals surface area contributed by atoms with Crippen molar-refractivity contribution in [3.8, 4) is 0 Å². The molecule has 1 aromatic heterocycles. The minimum atomic E-state index is -0.338. The molecule has 1 aliphatic rings. The summed E-state index contributed by atoms with van der Waals surface area (Å²) >= 11 is 1.19. The second kappa shape index (κ2) is 6.26. The molecule has 6 heteroatoms. The van der Waals surface area contributed by atoms with E-state index in [-0.39, 0.29) is 16.5 Å². The standard InChI is InChI=1S/C12H18N2O3S/c15-6-4-11-3-1-2-5-13(11)8-10-7-12(14(16)17)18-9-10/h7,9,11,15H,1-6,8H2/t11-/m1/s1. The van der Waals surface area contributed by atoms with Gasteiger partial charge in [-0.3, -0.25) is 15.0 Å². The average molecular weight is 270 g/mol. The molecule has 0 aliphatic carbocycles. The molecule has 0 spiro atoms. The Kier molecular flexibility index (Phi) is 4.68. The average Bonchev–Trinajstić information content (AvgIpc) is 2.81. The van der Waals surface area contributed by atoms with Crippen LogP contribution >= 0.6 is 11.3 Å². The summed E-state index contributed by atoms with van der Waals surface area (Å²) in [5.74, 6) is 0. The van der Waals surface area contributed by atoms with Gasteiger partial charge in [-0.15, -0.1) is 0 Å². The highest BCUT2D eigenvalue weighted by atomic mass is 32.1. The van der Waals surface area contributed by atoms with Crippen molar-refractivity contribution >= 4 is 16.3 Å². The molecule has 2 rings (SSSR count). The Labute approximate surface area is 110 Å². The molecular weight excluding hydrogens is 252 g/mol. The number of nitrogens with zero attached hydrogens (tertiary/aromatic N) is 2. The van der Waals surface area contributed by atoms with Gasteiger partial charge in [-0.25, -0.2) is 0 Å². The number of nitro groups is 1. The number of hydrogen-bond acceptors (Lipinski definition) is 5. The van der Waals surface area contributed by atoms with Gasteiger partial charge in [-0.1, -0.05) is 17.8 Å². The molecule has 0 saturated carbocycles. The highest BCUT2D eigenvalue weighted by Gasteiger charge is 2.22. The molecule has 1 fully saturated rings. The summed E-state index contributed by atoms with van der Waals surface area (Å²) in [6.07, 6.45) is 4.30. The maximum Gasteiger partial charge on any atom is 0.324 e. The normalized spacial score (nSPS) is 21.1. The minimum Gasteiger partial charge on any atom is -0.396 e. The molecule has 1 aromatic rings. The van der Waals surface area contributed by atoms with Crippen molar-refractivity contribution in [3.63, 3.8) is 0 Å². The molecule has 100 valence electrons. The molecular formula is C12H18N2O3S. The Bertz CT molecular complexity index is 406. The van der Waals surface area contributed by atoms with Gasteiger partial charge in [0.25, 0.3) is 0 Å². The first kappa shape index (κ1) is 13.5. The Morgan fingerprint density at radius 3 is 3.06 bits per heavy atom. The van der Waals surface area contributed by atoms with Crippen LogP contribution in [-0.4, -0.2) is 34.1 Å². The van der Waals surface area contributed by atoms with Crippen LogP contribution in [0.2, 0.25) is 0 Å². The van der Waals surface area contributed by atoms with E-state index in [4.69, 9.17) is 5.11 Å². The number of rotatable bonds is 5. The lowest BCUT2D eigenvalue weighted by molar-refractivity contribution is -0.380. The topological polar surface area (TPSA) is 66.6 Å². The van der Waals surface area contributed by atoms with Gasteiger partial charge >= 0.3 is 5.00 Å². The van der Waals surface area contributed by atoms with Crippen molar-refractivity contribution < 1.29 is 10.0 Å². The van der Waals surface area contributed by atoms with E-state index < -0.39 is 0 Å². The van der Waals surface area contributed by atoms with E-state index in [9.17, 15) is 10.1 Å². The third-order valence-corrected chi connectivity index (χ3v) is 4.35. The third-order valence-electron chi connectivity index (χ3n) is 3.42. The Morgan fingerprint density at radius 2 is 2.39 bits per heavy atom. The fraction of sp³-hybridized carbons (Fsp3) is 0.667. The lowest BCUT2D eigenvalue weighted by Gasteiger charge is -2.35. The minimum absolute atomic E-state index is 0.209. The Hall–Kier alpha value is -0.980. The molecule has 1 aliphatic heterocycles. The summed E-state index contributed by atoms with van der Waals surface area (Å²) in [7, 11) is 0. The maximum atomic E-state index is 10.6. The van der Waals surface area contributed by atoms with Gasteiger partial charge in [-0.05, 0) is 31.4 Å². The SMILES string of the molecule is O=[N+]([O-])c1cc(CN2CCCC[C@@H]2CCO)cs1. The molecule has 2 heterocycles. The van der Waals surface area contributed by atoms with Crippen molar-refractivity contribution in [2.45, 2.75) is 38.3 Å². The van der Waals surface area contributed by atoms with E-state index in [1.165, 1.54) is 24.2 Å². The monoisotopic (exact) mass is 270 g/mol. The smallest absolute Gasteiger partial charge is 0.324 e. The van der Waals surface area contributed by atoms with Crippen molar-refractivity contribution in [2.75, 3.05) is 13.2 Å². The molecule has 1 N–H and O–H groups in total. The Balaban J connectivity index is 1.99. The van der Waals surface area contributed by atoms with E-state index >= 15 is 0 Å². The molecule has 0 aromatic carbocycles. The number of thiophene rings is 1. The number of likely N-dealkylation sites (tertiary alicyclic amines) is 1. The predicted molar refractivity (Wildman–Crippen MR) is 70.7 cm³/mol. The molecule has 0 unspecified atom stereocenters. The number of aliphatic hydroxyl groups excluding tert-OH is 1. The van der Waals surface area contributed by atoms with E-state index in [0.29, 0.717) is 6.04 Å². The Morgan fingerprint density at radius 1 is 1.56 bits per heavy atom. The molecule has 0 amide bonds. The van der Waals surface area contributed by atoms with Gasteiger partial charge in [0, 0.05) is 30.6 Å². The highest BCUT2D eigenvalue weighted by molar-refractivity contribution is 7.13. The zero-order valence-electron chi connectivity index (χ0n) is 10.2. The van der Waals surface area contributed by atoms with Crippen LogP contribution in [-0.2, 0) is 6.54 Å².